The van der Waals surface area contributed by atoms with Crippen LogP contribution in [-0.4, -0.2) is 32.6 Å². The van der Waals surface area contributed by atoms with E-state index in [2.05, 4.69) is 15.6 Å². The van der Waals surface area contributed by atoms with Crippen LogP contribution in [0.1, 0.15) is 44.2 Å². The molecule has 0 spiro atoms. The van der Waals surface area contributed by atoms with Crippen molar-refractivity contribution >= 4 is 5.97 Å². The lowest BCUT2D eigenvalue weighted by molar-refractivity contribution is -0.143. The molecule has 1 aromatic heterocycles. The van der Waals surface area contributed by atoms with Crippen molar-refractivity contribution in [2.45, 2.75) is 45.1 Å². The Morgan fingerprint density at radius 3 is 2.70 bits per heavy atom. The number of nitrogens with zero attached hydrogens (tertiary/aromatic N) is 3. The Morgan fingerprint density at radius 2 is 2.15 bits per heavy atom. The van der Waals surface area contributed by atoms with Crippen molar-refractivity contribution in [3.8, 4) is 0 Å². The molecule has 112 valence electrons. The lowest BCUT2D eigenvalue weighted by Gasteiger charge is -2.22. The minimum atomic E-state index is -0.677. The fraction of sp³-hybridized carbons (Fsp3) is 0.786. The highest BCUT2D eigenvalue weighted by Crippen LogP contribution is 2.29. The van der Waals surface area contributed by atoms with Crippen LogP contribution in [0.25, 0.3) is 0 Å². The van der Waals surface area contributed by atoms with Gasteiger partial charge in [0.05, 0.1) is 11.6 Å². The molecule has 1 aromatic rings. The van der Waals surface area contributed by atoms with Gasteiger partial charge in [0.25, 0.3) is 0 Å². The summed E-state index contributed by atoms with van der Waals surface area (Å²) in [6.45, 7) is 1.08. The molecule has 0 bridgehead atoms. The highest BCUT2D eigenvalue weighted by atomic mass is 16.4. The molecule has 1 saturated carbocycles. The second-order valence-corrected chi connectivity index (χ2v) is 5.71. The fourth-order valence-electron chi connectivity index (χ4n) is 3.00. The summed E-state index contributed by atoms with van der Waals surface area (Å²) < 4.78 is 1.65. The van der Waals surface area contributed by atoms with Gasteiger partial charge in [-0.2, -0.15) is 0 Å². The van der Waals surface area contributed by atoms with E-state index in [1.165, 1.54) is 25.7 Å². The van der Waals surface area contributed by atoms with Crippen molar-refractivity contribution < 1.29 is 9.90 Å². The molecule has 0 amide bonds. The highest BCUT2D eigenvalue weighted by molar-refractivity contribution is 5.70. The first kappa shape index (κ1) is 15.0. The van der Waals surface area contributed by atoms with E-state index < -0.39 is 5.97 Å². The van der Waals surface area contributed by atoms with Crippen LogP contribution in [-0.2, 0) is 18.4 Å². The molecule has 1 heterocycles. The van der Waals surface area contributed by atoms with E-state index in [-0.39, 0.29) is 5.92 Å². The zero-order valence-electron chi connectivity index (χ0n) is 12.1. The number of aromatic nitrogens is 3. The van der Waals surface area contributed by atoms with Gasteiger partial charge in [0.1, 0.15) is 0 Å². The first-order valence-corrected chi connectivity index (χ1v) is 7.45. The third kappa shape index (κ3) is 4.30. The van der Waals surface area contributed by atoms with Crippen LogP contribution in [0.2, 0.25) is 0 Å². The molecule has 0 aliphatic heterocycles. The number of aliphatic carboxylic acids is 1. The standard InChI is InChI=1S/C14H24N4O2/c1-18-10-12(16-17-18)8-15-9-13(14(19)20)11-6-4-2-3-5-7-11/h10-11,13,15H,2-9H2,1H3,(H,19,20). The molecule has 6 nitrogen and oxygen atoms in total. The third-order valence-electron chi connectivity index (χ3n) is 4.11. The summed E-state index contributed by atoms with van der Waals surface area (Å²) >= 11 is 0. The maximum atomic E-state index is 11.5. The van der Waals surface area contributed by atoms with E-state index in [0.29, 0.717) is 19.0 Å². The fourth-order valence-corrected chi connectivity index (χ4v) is 3.00. The molecule has 1 fully saturated rings. The lowest BCUT2D eigenvalue weighted by Crippen LogP contribution is -2.34. The molecule has 1 atom stereocenters. The van der Waals surface area contributed by atoms with E-state index in [9.17, 15) is 9.90 Å². The molecular weight excluding hydrogens is 256 g/mol. The summed E-state index contributed by atoms with van der Waals surface area (Å²) in [5.74, 6) is -0.655. The largest absolute Gasteiger partial charge is 0.481 e. The average Bonchev–Trinajstić information content (AvgIpc) is 2.66. The number of rotatable bonds is 6. The van der Waals surface area contributed by atoms with Crippen LogP contribution in [0.3, 0.4) is 0 Å². The highest BCUT2D eigenvalue weighted by Gasteiger charge is 2.28. The summed E-state index contributed by atoms with van der Waals surface area (Å²) in [5.41, 5.74) is 0.845. The van der Waals surface area contributed by atoms with Crippen molar-refractivity contribution in [3.05, 3.63) is 11.9 Å². The van der Waals surface area contributed by atoms with Crippen LogP contribution >= 0.6 is 0 Å². The average molecular weight is 280 g/mol. The van der Waals surface area contributed by atoms with E-state index in [1.54, 1.807) is 4.68 Å². The van der Waals surface area contributed by atoms with Gasteiger partial charge >= 0.3 is 5.97 Å². The Bertz CT molecular complexity index is 425. The van der Waals surface area contributed by atoms with Gasteiger partial charge in [-0.3, -0.25) is 9.48 Å². The van der Waals surface area contributed by atoms with Crippen molar-refractivity contribution in [1.82, 2.24) is 20.3 Å². The monoisotopic (exact) mass is 280 g/mol. The molecule has 0 radical (unpaired) electrons. The molecular formula is C14H24N4O2. The molecule has 1 aliphatic carbocycles. The SMILES string of the molecule is Cn1cc(CNCC(C(=O)O)C2CCCCCC2)nn1. The molecule has 2 N–H and O–H groups in total. The Hall–Kier alpha value is -1.43. The molecule has 2 rings (SSSR count). The van der Waals surface area contributed by atoms with Gasteiger partial charge in [-0.25, -0.2) is 0 Å². The molecule has 0 saturated heterocycles. The van der Waals surface area contributed by atoms with E-state index in [1.807, 2.05) is 13.2 Å². The van der Waals surface area contributed by atoms with E-state index in [0.717, 1.165) is 18.5 Å². The van der Waals surface area contributed by atoms with Gasteiger partial charge in [-0.15, -0.1) is 5.10 Å². The van der Waals surface area contributed by atoms with Gasteiger partial charge in [0, 0.05) is 26.3 Å². The predicted molar refractivity (Wildman–Crippen MR) is 75.0 cm³/mol. The van der Waals surface area contributed by atoms with E-state index in [4.69, 9.17) is 0 Å². The van der Waals surface area contributed by atoms with Gasteiger partial charge in [0.2, 0.25) is 0 Å². The zero-order chi connectivity index (χ0) is 14.4. The van der Waals surface area contributed by atoms with Gasteiger partial charge < -0.3 is 10.4 Å². The quantitative estimate of drug-likeness (QED) is 0.773. The number of carboxylic acids is 1. The van der Waals surface area contributed by atoms with E-state index >= 15 is 0 Å². The number of hydrogen-bond donors (Lipinski definition) is 2. The van der Waals surface area contributed by atoms with Gasteiger partial charge in [-0.05, 0) is 18.8 Å². The molecule has 0 aromatic carbocycles. The molecule has 1 aliphatic rings. The summed E-state index contributed by atoms with van der Waals surface area (Å²) in [5, 5.41) is 20.5. The van der Waals surface area contributed by atoms with Crippen molar-refractivity contribution in [2.24, 2.45) is 18.9 Å². The number of hydrogen-bond acceptors (Lipinski definition) is 4. The van der Waals surface area contributed by atoms with Crippen LogP contribution < -0.4 is 5.32 Å². The molecule has 1 unspecified atom stereocenters. The Morgan fingerprint density at radius 1 is 1.45 bits per heavy atom. The molecule has 20 heavy (non-hydrogen) atoms. The Labute approximate surface area is 119 Å². The first-order chi connectivity index (χ1) is 9.66. The third-order valence-corrected chi connectivity index (χ3v) is 4.11. The number of carboxylic acid groups (broad SMARTS) is 1. The first-order valence-electron chi connectivity index (χ1n) is 7.45. The minimum Gasteiger partial charge on any atom is -0.481 e. The number of nitrogens with one attached hydrogen (secondary N) is 1. The van der Waals surface area contributed by atoms with Crippen molar-refractivity contribution in [3.63, 3.8) is 0 Å². The second-order valence-electron chi connectivity index (χ2n) is 5.71. The lowest BCUT2D eigenvalue weighted by atomic mass is 9.86. The van der Waals surface area contributed by atoms with Gasteiger partial charge in [-0.1, -0.05) is 30.9 Å². The van der Waals surface area contributed by atoms with Crippen molar-refractivity contribution in [2.75, 3.05) is 6.54 Å². The maximum Gasteiger partial charge on any atom is 0.308 e. The Balaban J connectivity index is 1.83. The molecule has 6 heteroatoms. The van der Waals surface area contributed by atoms with Crippen molar-refractivity contribution in [1.29, 1.82) is 0 Å². The van der Waals surface area contributed by atoms with Crippen LogP contribution in [0.5, 0.6) is 0 Å². The predicted octanol–water partition coefficient (Wildman–Crippen LogP) is 1.58. The van der Waals surface area contributed by atoms with Gasteiger partial charge in [0.15, 0.2) is 0 Å². The Kier molecular flexibility index (Phi) is 5.52. The zero-order valence-corrected chi connectivity index (χ0v) is 12.1. The second kappa shape index (κ2) is 7.38. The maximum absolute atomic E-state index is 11.5. The normalized spacial score (nSPS) is 18.6. The summed E-state index contributed by atoms with van der Waals surface area (Å²) in [7, 11) is 1.82. The smallest absolute Gasteiger partial charge is 0.308 e. The summed E-state index contributed by atoms with van der Waals surface area (Å²) in [6, 6.07) is 0. The van der Waals surface area contributed by atoms with Crippen LogP contribution in [0.15, 0.2) is 6.20 Å². The number of aryl methyl sites for hydroxylation is 1. The minimum absolute atomic E-state index is 0.287. The van der Waals surface area contributed by atoms with Crippen LogP contribution in [0.4, 0.5) is 0 Å². The van der Waals surface area contributed by atoms with Crippen LogP contribution in [0, 0.1) is 11.8 Å². The summed E-state index contributed by atoms with van der Waals surface area (Å²) in [6.07, 6.45) is 8.75. The number of carbonyl (C=O) groups is 1. The summed E-state index contributed by atoms with van der Waals surface area (Å²) in [4.78, 5) is 11.5. The topological polar surface area (TPSA) is 80.0 Å².